The first-order valence-electron chi connectivity index (χ1n) is 11.1. The normalized spacial score (nSPS) is 12.2. The first kappa shape index (κ1) is 22.9. The molecule has 33 heavy (non-hydrogen) atoms. The van der Waals surface area contributed by atoms with Crippen LogP contribution in [0, 0.1) is 19.7 Å². The first-order valence-corrected chi connectivity index (χ1v) is 12.9. The van der Waals surface area contributed by atoms with E-state index in [2.05, 4.69) is 41.7 Å². The molecule has 1 atom stereocenters. The van der Waals surface area contributed by atoms with Crippen molar-refractivity contribution in [3.05, 3.63) is 120 Å². The number of carbonyl (C=O) groups is 1. The standard InChI is InChI=1S/C29H27FNOP/c1-21-19-24(30)20-22(2)28(21)31-29(32)23(3)33(25-13-7-4-8-14-25,26-15-9-5-10-16-26)27-17-11-6-12-18-27/h4-20,23H,1-3H3/p+1. The number of hydrogen-bond donors (Lipinski definition) is 1. The Morgan fingerprint density at radius 2 is 1.09 bits per heavy atom. The monoisotopic (exact) mass is 456 g/mol. The molecule has 0 aliphatic rings. The van der Waals surface area contributed by atoms with Gasteiger partial charge in [-0.2, -0.15) is 0 Å². The Labute approximate surface area is 195 Å². The molecule has 4 aromatic carbocycles. The number of amides is 1. The van der Waals surface area contributed by atoms with Gasteiger partial charge in [0, 0.05) is 5.69 Å². The van der Waals surface area contributed by atoms with Gasteiger partial charge >= 0.3 is 0 Å². The molecule has 0 spiro atoms. The lowest BCUT2D eigenvalue weighted by Crippen LogP contribution is -2.43. The highest BCUT2D eigenvalue weighted by molar-refractivity contribution is 7.96. The molecule has 0 saturated carbocycles. The zero-order chi connectivity index (χ0) is 23.4. The van der Waals surface area contributed by atoms with Gasteiger partial charge in [0.05, 0.1) is 0 Å². The first-order chi connectivity index (χ1) is 15.9. The van der Waals surface area contributed by atoms with Crippen molar-refractivity contribution in [3.8, 4) is 0 Å². The molecule has 2 nitrogen and oxygen atoms in total. The number of hydrogen-bond acceptors (Lipinski definition) is 1. The molecule has 0 bridgehead atoms. The van der Waals surface area contributed by atoms with Crippen molar-refractivity contribution in [2.24, 2.45) is 0 Å². The van der Waals surface area contributed by atoms with Crippen LogP contribution in [0.1, 0.15) is 18.1 Å². The molecule has 4 rings (SSSR count). The van der Waals surface area contributed by atoms with E-state index in [0.29, 0.717) is 5.69 Å². The fourth-order valence-corrected chi connectivity index (χ4v) is 9.20. The summed E-state index contributed by atoms with van der Waals surface area (Å²) in [6.45, 7) is 5.67. The average Bonchev–Trinajstić information content (AvgIpc) is 2.84. The van der Waals surface area contributed by atoms with Crippen molar-refractivity contribution in [2.75, 3.05) is 5.32 Å². The van der Waals surface area contributed by atoms with Gasteiger partial charge in [-0.25, -0.2) is 4.39 Å². The Bertz CT molecular complexity index is 1120. The summed E-state index contributed by atoms with van der Waals surface area (Å²) >= 11 is 0. The fraction of sp³-hybridized carbons (Fsp3) is 0.138. The predicted octanol–water partition coefficient (Wildman–Crippen LogP) is 5.76. The van der Waals surface area contributed by atoms with Gasteiger partial charge in [0.25, 0.3) is 5.91 Å². The van der Waals surface area contributed by atoms with Crippen molar-refractivity contribution in [2.45, 2.75) is 26.4 Å². The van der Waals surface area contributed by atoms with E-state index < -0.39 is 7.26 Å². The Morgan fingerprint density at radius 3 is 1.45 bits per heavy atom. The minimum Gasteiger partial charge on any atom is -0.322 e. The van der Waals surface area contributed by atoms with E-state index in [1.54, 1.807) is 0 Å². The van der Waals surface area contributed by atoms with Crippen molar-refractivity contribution in [1.29, 1.82) is 0 Å². The maximum atomic E-state index is 13.9. The van der Waals surface area contributed by atoms with E-state index in [1.807, 2.05) is 75.4 Å². The zero-order valence-corrected chi connectivity index (χ0v) is 20.0. The summed E-state index contributed by atoms with van der Waals surface area (Å²) in [5.74, 6) is -0.367. The van der Waals surface area contributed by atoms with Crippen LogP contribution in [0.25, 0.3) is 0 Å². The minimum atomic E-state index is -2.36. The van der Waals surface area contributed by atoms with Crippen LogP contribution in [0.5, 0.6) is 0 Å². The van der Waals surface area contributed by atoms with Gasteiger partial charge in [-0.3, -0.25) is 4.79 Å². The van der Waals surface area contributed by atoms with E-state index in [0.717, 1.165) is 27.0 Å². The summed E-state index contributed by atoms with van der Waals surface area (Å²) in [4.78, 5) is 13.9. The molecule has 0 aliphatic carbocycles. The number of halogens is 1. The zero-order valence-electron chi connectivity index (χ0n) is 19.1. The van der Waals surface area contributed by atoms with Gasteiger partial charge in [-0.1, -0.05) is 54.6 Å². The van der Waals surface area contributed by atoms with Gasteiger partial charge in [0.15, 0.2) is 5.66 Å². The summed E-state index contributed by atoms with van der Waals surface area (Å²) in [6, 6.07) is 33.9. The van der Waals surface area contributed by atoms with Crippen molar-refractivity contribution >= 4 is 34.8 Å². The quantitative estimate of drug-likeness (QED) is 0.367. The molecular formula is C29H28FNOP+. The van der Waals surface area contributed by atoms with E-state index >= 15 is 0 Å². The van der Waals surface area contributed by atoms with Gasteiger partial charge in [0.1, 0.15) is 29.0 Å². The van der Waals surface area contributed by atoms with Crippen LogP contribution in [0.2, 0.25) is 0 Å². The third kappa shape index (κ3) is 4.34. The molecule has 4 heteroatoms. The van der Waals surface area contributed by atoms with Crippen molar-refractivity contribution in [3.63, 3.8) is 0 Å². The molecule has 166 valence electrons. The smallest absolute Gasteiger partial charge is 0.266 e. The molecule has 0 saturated heterocycles. The SMILES string of the molecule is Cc1cc(F)cc(C)c1NC(=O)C(C)[P+](c1ccccc1)(c1ccccc1)c1ccccc1. The largest absolute Gasteiger partial charge is 0.322 e. The van der Waals surface area contributed by atoms with Crippen LogP contribution in [0.15, 0.2) is 103 Å². The number of anilines is 1. The number of aryl methyl sites for hydroxylation is 2. The third-order valence-electron chi connectivity index (χ3n) is 6.20. The van der Waals surface area contributed by atoms with E-state index in [1.165, 1.54) is 12.1 Å². The molecule has 1 amide bonds. The molecule has 0 heterocycles. The van der Waals surface area contributed by atoms with Crippen molar-refractivity contribution < 1.29 is 9.18 Å². The molecular weight excluding hydrogens is 428 g/mol. The Kier molecular flexibility index (Phi) is 6.72. The predicted molar refractivity (Wildman–Crippen MR) is 139 cm³/mol. The van der Waals surface area contributed by atoms with E-state index in [9.17, 15) is 9.18 Å². The summed E-state index contributed by atoms with van der Waals surface area (Å²) in [5, 5.41) is 6.59. The topological polar surface area (TPSA) is 29.1 Å². The van der Waals surface area contributed by atoms with Gasteiger partial charge in [-0.05, 0) is 80.4 Å². The maximum Gasteiger partial charge on any atom is 0.266 e. The molecule has 0 radical (unpaired) electrons. The second kappa shape index (κ2) is 9.68. The molecule has 0 aliphatic heterocycles. The van der Waals surface area contributed by atoms with Gasteiger partial charge in [0.2, 0.25) is 0 Å². The second-order valence-corrected chi connectivity index (χ2v) is 12.1. The number of benzene rings is 4. The Hall–Kier alpha value is -3.29. The van der Waals surface area contributed by atoms with Gasteiger partial charge in [-0.15, -0.1) is 0 Å². The molecule has 1 N–H and O–H groups in total. The highest BCUT2D eigenvalue weighted by Crippen LogP contribution is 2.59. The lowest BCUT2D eigenvalue weighted by molar-refractivity contribution is -0.115. The third-order valence-corrected chi connectivity index (χ3v) is 10.9. The maximum absolute atomic E-state index is 13.9. The van der Waals surface area contributed by atoms with Gasteiger partial charge < -0.3 is 5.32 Å². The second-order valence-electron chi connectivity index (χ2n) is 8.31. The van der Waals surface area contributed by atoms with Crippen molar-refractivity contribution in [1.82, 2.24) is 0 Å². The Morgan fingerprint density at radius 1 is 0.727 bits per heavy atom. The average molecular weight is 457 g/mol. The number of nitrogens with one attached hydrogen (secondary N) is 1. The highest BCUT2D eigenvalue weighted by Gasteiger charge is 2.53. The van der Waals surface area contributed by atoms with Crippen LogP contribution < -0.4 is 21.2 Å². The van der Waals surface area contributed by atoms with Crippen LogP contribution in [-0.4, -0.2) is 11.6 Å². The number of rotatable bonds is 6. The van der Waals surface area contributed by atoms with E-state index in [-0.39, 0.29) is 17.4 Å². The molecule has 0 aromatic heterocycles. The fourth-order valence-electron chi connectivity index (χ4n) is 4.62. The highest BCUT2D eigenvalue weighted by atomic mass is 31.2. The van der Waals surface area contributed by atoms with Crippen LogP contribution in [0.4, 0.5) is 10.1 Å². The number of carbonyl (C=O) groups excluding carboxylic acids is 1. The minimum absolute atomic E-state index is 0.0716. The summed E-state index contributed by atoms with van der Waals surface area (Å²) in [6.07, 6.45) is 0. The summed E-state index contributed by atoms with van der Waals surface area (Å²) in [7, 11) is -2.36. The van der Waals surface area contributed by atoms with E-state index in [4.69, 9.17) is 0 Å². The Balaban J connectivity index is 1.91. The lowest BCUT2D eigenvalue weighted by atomic mass is 10.1. The van der Waals surface area contributed by atoms with Crippen LogP contribution in [-0.2, 0) is 4.79 Å². The van der Waals surface area contributed by atoms with Crippen LogP contribution in [0.3, 0.4) is 0 Å². The summed E-state index contributed by atoms with van der Waals surface area (Å²) < 4.78 is 13.9. The molecule has 0 fully saturated rings. The molecule has 4 aromatic rings. The lowest BCUT2D eigenvalue weighted by Gasteiger charge is -2.32. The summed E-state index contributed by atoms with van der Waals surface area (Å²) in [5.41, 5.74) is 1.77. The molecule has 1 unspecified atom stereocenters. The van der Waals surface area contributed by atoms with Crippen LogP contribution >= 0.6 is 7.26 Å².